The van der Waals surface area contributed by atoms with Crippen LogP contribution in [0.25, 0.3) is 22.5 Å². The molecule has 1 aromatic heterocycles. The molecular weight excluding hydrogens is 334 g/mol. The number of hydrogen-bond donors (Lipinski definition) is 1. The van der Waals surface area contributed by atoms with Gasteiger partial charge in [-0.3, -0.25) is 4.79 Å². The van der Waals surface area contributed by atoms with Gasteiger partial charge in [0.15, 0.2) is 5.82 Å². The van der Waals surface area contributed by atoms with Gasteiger partial charge in [-0.15, -0.1) is 0 Å². The third kappa shape index (κ3) is 3.37. The van der Waals surface area contributed by atoms with Gasteiger partial charge in [-0.1, -0.05) is 78.9 Å². The van der Waals surface area contributed by atoms with Crippen LogP contribution < -0.4 is 5.32 Å². The predicted molar refractivity (Wildman–Crippen MR) is 111 cm³/mol. The van der Waals surface area contributed by atoms with Crippen molar-refractivity contribution < 1.29 is 6.22 Å². The Morgan fingerprint density at radius 3 is 1.93 bits per heavy atom. The lowest BCUT2D eigenvalue weighted by Crippen LogP contribution is -2.17. The maximum atomic E-state index is 12.9. The summed E-state index contributed by atoms with van der Waals surface area (Å²) in [7, 11) is 1.88. The summed E-state index contributed by atoms with van der Waals surface area (Å²) in [6, 6.07) is 29.4. The number of para-hydroxylation sites is 1. The minimum absolute atomic E-state index is 0. The Balaban J connectivity index is 0.00000225. The van der Waals surface area contributed by atoms with E-state index in [0.717, 1.165) is 28.2 Å². The van der Waals surface area contributed by atoms with Gasteiger partial charge >= 0.3 is 0 Å². The Labute approximate surface area is 159 Å². The van der Waals surface area contributed by atoms with Crippen LogP contribution in [0.3, 0.4) is 0 Å². The summed E-state index contributed by atoms with van der Waals surface area (Å²) >= 11 is 0. The molecule has 0 unspecified atom stereocenters. The Hall–Kier alpha value is -3.66. The molecule has 1 heterocycles. The molecule has 0 saturated heterocycles. The fourth-order valence-electron chi connectivity index (χ4n) is 3.13. The van der Waals surface area contributed by atoms with Crippen LogP contribution in [0, 0.1) is 0 Å². The second kappa shape index (κ2) is 7.30. The second-order valence-corrected chi connectivity index (χ2v) is 6.24. The van der Waals surface area contributed by atoms with E-state index < -0.39 is 0 Å². The van der Waals surface area contributed by atoms with Crippen LogP contribution >= 0.6 is 0 Å². The zero-order valence-corrected chi connectivity index (χ0v) is 15.0. The summed E-state index contributed by atoms with van der Waals surface area (Å²) in [6.07, 6.45) is 0. The Kier molecular flexibility index (Phi) is 4.54. The molecule has 0 atom stereocenters. The molecule has 4 rings (SSSR count). The summed E-state index contributed by atoms with van der Waals surface area (Å²) in [4.78, 5) is 17.6. The number of rotatable bonds is 4. The van der Waals surface area contributed by atoms with E-state index in [1.54, 1.807) is 0 Å². The Morgan fingerprint density at radius 1 is 0.815 bits per heavy atom. The molecule has 0 aliphatic rings. The molecule has 4 aromatic rings. The molecule has 0 aliphatic heterocycles. The van der Waals surface area contributed by atoms with E-state index in [-0.39, 0.29) is 7.33 Å². The van der Waals surface area contributed by atoms with Crippen molar-refractivity contribution in [2.45, 2.75) is 0 Å². The smallest absolute Gasteiger partial charge is 0.291 e. The zero-order valence-electron chi connectivity index (χ0n) is 15.0. The van der Waals surface area contributed by atoms with Crippen LogP contribution in [0.4, 0.5) is 5.69 Å². The third-order valence-corrected chi connectivity index (χ3v) is 4.42. The summed E-state index contributed by atoms with van der Waals surface area (Å²) in [5.41, 5.74) is 4.45. The van der Waals surface area contributed by atoms with E-state index in [2.05, 4.69) is 5.32 Å². The lowest BCUT2D eigenvalue weighted by atomic mass is 10.1. The number of carbonyl (C=O) groups excluding carboxylic acids is 1. The molecule has 134 valence electrons. The number of amides is 1. The van der Waals surface area contributed by atoms with Gasteiger partial charge in [-0.2, -0.15) is 0 Å². The van der Waals surface area contributed by atoms with E-state index in [0.29, 0.717) is 5.82 Å². The van der Waals surface area contributed by atoms with Crippen LogP contribution in [-0.2, 0) is 7.05 Å². The lowest BCUT2D eigenvalue weighted by Gasteiger charge is -2.08. The predicted octanol–water partition coefficient (Wildman–Crippen LogP) is 5.25. The Bertz CT molecular complexity index is 1060. The molecule has 4 heteroatoms. The van der Waals surface area contributed by atoms with Crippen LogP contribution in [0.5, 0.6) is 0 Å². The summed E-state index contributed by atoms with van der Waals surface area (Å²) in [5, 5.41) is 2.92. The highest BCUT2D eigenvalue weighted by Gasteiger charge is 2.22. The lowest BCUT2D eigenvalue weighted by molar-refractivity contribution is 0.101. The van der Waals surface area contributed by atoms with Crippen LogP contribution in [0.2, 0.25) is 0 Å². The van der Waals surface area contributed by atoms with Crippen LogP contribution in [-0.4, -0.2) is 15.5 Å². The average molecular weight is 355 g/mol. The van der Waals surface area contributed by atoms with Crippen molar-refractivity contribution in [3.8, 4) is 22.5 Å². The van der Waals surface area contributed by atoms with Gasteiger partial charge < -0.3 is 9.88 Å². The van der Waals surface area contributed by atoms with Crippen molar-refractivity contribution in [3.63, 3.8) is 0 Å². The maximum Gasteiger partial charge on any atom is 0.291 e. The fraction of sp³-hybridized carbons (Fsp3) is 0.0435. The van der Waals surface area contributed by atoms with Gasteiger partial charge in [0.05, 0.1) is 11.4 Å². The van der Waals surface area contributed by atoms with E-state index in [9.17, 15) is 4.79 Å². The highest BCUT2D eigenvalue weighted by Crippen LogP contribution is 2.32. The van der Waals surface area contributed by atoms with Crippen LogP contribution in [0.15, 0.2) is 91.0 Å². The molecule has 0 fully saturated rings. The van der Waals surface area contributed by atoms with Crippen molar-refractivity contribution in [1.29, 1.82) is 0 Å². The Morgan fingerprint density at radius 2 is 1.33 bits per heavy atom. The van der Waals surface area contributed by atoms with Gasteiger partial charge in [0, 0.05) is 25.3 Å². The standard InChI is InChI=1S/C23H19N3O.H2/c1-26-21(18-13-7-3-8-14-18)20(17-11-5-2-6-12-17)25-22(26)23(27)24-19-15-9-4-10-16-19;/h2-16H,1H3,(H,24,27);1H. The molecule has 1 amide bonds. The number of aromatic nitrogens is 2. The van der Waals surface area contributed by atoms with Crippen LogP contribution in [0.1, 0.15) is 12.0 Å². The number of nitrogens with one attached hydrogen (secondary N) is 1. The molecule has 0 spiro atoms. The molecular formula is C23H21N3O. The highest BCUT2D eigenvalue weighted by molar-refractivity contribution is 6.03. The van der Waals surface area contributed by atoms with Crippen molar-refractivity contribution in [2.24, 2.45) is 7.05 Å². The first-order valence-electron chi connectivity index (χ1n) is 8.78. The minimum atomic E-state index is -0.233. The number of imidazole rings is 1. The normalized spacial score (nSPS) is 10.6. The minimum Gasteiger partial charge on any atom is -0.322 e. The molecule has 27 heavy (non-hydrogen) atoms. The summed E-state index contributed by atoms with van der Waals surface area (Å²) in [6.45, 7) is 0. The number of nitrogens with zero attached hydrogens (tertiary/aromatic N) is 2. The second-order valence-electron chi connectivity index (χ2n) is 6.24. The summed E-state index contributed by atoms with van der Waals surface area (Å²) in [5.74, 6) is 0.139. The largest absolute Gasteiger partial charge is 0.322 e. The molecule has 1 N–H and O–H groups in total. The first-order chi connectivity index (χ1) is 13.2. The molecule has 0 saturated carbocycles. The molecule has 0 radical (unpaired) electrons. The van der Waals surface area contributed by atoms with Gasteiger partial charge in [0.25, 0.3) is 5.91 Å². The van der Waals surface area contributed by atoms with Gasteiger partial charge in [-0.05, 0) is 12.1 Å². The number of carbonyl (C=O) groups is 1. The maximum absolute atomic E-state index is 12.9. The van der Waals surface area contributed by atoms with Gasteiger partial charge in [0.1, 0.15) is 0 Å². The number of hydrogen-bond acceptors (Lipinski definition) is 2. The number of benzene rings is 3. The zero-order chi connectivity index (χ0) is 18.6. The van der Waals surface area contributed by atoms with Crippen molar-refractivity contribution in [1.82, 2.24) is 9.55 Å². The average Bonchev–Trinajstić information content (AvgIpc) is 3.07. The topological polar surface area (TPSA) is 46.9 Å². The highest BCUT2D eigenvalue weighted by atomic mass is 16.2. The van der Waals surface area contributed by atoms with Gasteiger partial charge in [-0.25, -0.2) is 4.98 Å². The molecule has 0 aliphatic carbocycles. The van der Waals surface area contributed by atoms with Crippen molar-refractivity contribution >= 4 is 11.6 Å². The third-order valence-electron chi connectivity index (χ3n) is 4.42. The fourth-order valence-corrected chi connectivity index (χ4v) is 3.13. The number of anilines is 1. The first-order valence-corrected chi connectivity index (χ1v) is 8.78. The van der Waals surface area contributed by atoms with Gasteiger partial charge in [0.2, 0.25) is 0 Å². The van der Waals surface area contributed by atoms with E-state index >= 15 is 0 Å². The molecule has 0 bridgehead atoms. The van der Waals surface area contributed by atoms with E-state index in [1.165, 1.54) is 0 Å². The monoisotopic (exact) mass is 355 g/mol. The SMILES string of the molecule is Cn1c(C(=O)Nc2ccccc2)nc(-c2ccccc2)c1-c1ccccc1.[HH]. The van der Waals surface area contributed by atoms with E-state index in [4.69, 9.17) is 4.98 Å². The molecule has 3 aromatic carbocycles. The summed E-state index contributed by atoms with van der Waals surface area (Å²) < 4.78 is 1.86. The van der Waals surface area contributed by atoms with E-state index in [1.807, 2.05) is 103 Å². The first kappa shape index (κ1) is 16.8. The quantitative estimate of drug-likeness (QED) is 0.543. The van der Waals surface area contributed by atoms with Crippen molar-refractivity contribution in [3.05, 3.63) is 96.8 Å². The van der Waals surface area contributed by atoms with Crippen molar-refractivity contribution in [2.75, 3.05) is 5.32 Å². The molecule has 4 nitrogen and oxygen atoms in total.